The molecule has 0 saturated carbocycles. The van der Waals surface area contributed by atoms with Crippen LogP contribution in [0.2, 0.25) is 0 Å². The van der Waals surface area contributed by atoms with Crippen LogP contribution in [0.1, 0.15) is 51.1 Å². The van der Waals surface area contributed by atoms with E-state index in [9.17, 15) is 24.6 Å². The first kappa shape index (κ1) is 24.8. The van der Waals surface area contributed by atoms with Crippen LogP contribution >= 0.6 is 11.8 Å². The van der Waals surface area contributed by atoms with E-state index in [2.05, 4.69) is 13.5 Å². The Hall–Kier alpha value is -2.32. The molecule has 34 heavy (non-hydrogen) atoms. The van der Waals surface area contributed by atoms with Crippen LogP contribution in [0.4, 0.5) is 0 Å². The van der Waals surface area contributed by atoms with Crippen molar-refractivity contribution in [1.29, 1.82) is 0 Å². The zero-order valence-electron chi connectivity index (χ0n) is 19.8. The zero-order valence-corrected chi connectivity index (χ0v) is 20.6. The molecule has 2 amide bonds. The van der Waals surface area contributed by atoms with Crippen LogP contribution in [0.3, 0.4) is 0 Å². The maximum absolute atomic E-state index is 14.3. The third kappa shape index (κ3) is 3.75. The molecule has 3 aliphatic rings. The summed E-state index contributed by atoms with van der Waals surface area (Å²) < 4.78 is -0.796. The Morgan fingerprint density at radius 2 is 2.06 bits per heavy atom. The van der Waals surface area contributed by atoms with Gasteiger partial charge in [-0.2, -0.15) is 0 Å². The van der Waals surface area contributed by atoms with E-state index in [1.807, 2.05) is 37.3 Å². The first-order valence-corrected chi connectivity index (χ1v) is 13.0. The van der Waals surface area contributed by atoms with Gasteiger partial charge >= 0.3 is 5.97 Å². The summed E-state index contributed by atoms with van der Waals surface area (Å²) in [6.07, 6.45) is 4.70. The number of nitrogens with zero attached hydrogens (tertiary/aromatic N) is 2. The molecule has 184 valence electrons. The van der Waals surface area contributed by atoms with E-state index < -0.39 is 34.6 Å². The fourth-order valence-corrected chi connectivity index (χ4v) is 8.57. The number of carboxylic acids is 1. The van der Waals surface area contributed by atoms with Gasteiger partial charge in [-0.3, -0.25) is 14.4 Å². The number of carbonyl (C=O) groups is 3. The third-order valence-corrected chi connectivity index (χ3v) is 9.75. The van der Waals surface area contributed by atoms with Gasteiger partial charge in [0.15, 0.2) is 0 Å². The number of rotatable bonds is 10. The molecule has 4 rings (SSSR count). The van der Waals surface area contributed by atoms with E-state index >= 15 is 0 Å². The lowest BCUT2D eigenvalue weighted by molar-refractivity contribution is -0.150. The van der Waals surface area contributed by atoms with Crippen LogP contribution in [0, 0.1) is 11.8 Å². The Balaban J connectivity index is 1.84. The van der Waals surface area contributed by atoms with E-state index in [-0.39, 0.29) is 29.7 Å². The number of fused-ring (bicyclic) bond motifs is 1. The number of hydrogen-bond acceptors (Lipinski definition) is 5. The van der Waals surface area contributed by atoms with Crippen molar-refractivity contribution in [3.05, 3.63) is 48.6 Å². The monoisotopic (exact) mass is 486 g/mol. The second-order valence-corrected chi connectivity index (χ2v) is 11.3. The van der Waals surface area contributed by atoms with Crippen molar-refractivity contribution < 1.29 is 24.6 Å². The maximum Gasteiger partial charge on any atom is 0.308 e. The Labute approximate surface area is 205 Å². The molecule has 7 atom stereocenters. The molecule has 0 aliphatic carbocycles. The number of carbonyl (C=O) groups excluding carboxylic acids is 2. The highest BCUT2D eigenvalue weighted by atomic mass is 32.2. The van der Waals surface area contributed by atoms with E-state index in [1.165, 1.54) is 16.7 Å². The first-order chi connectivity index (χ1) is 16.3. The van der Waals surface area contributed by atoms with Gasteiger partial charge in [-0.1, -0.05) is 49.8 Å². The molecule has 7 nitrogen and oxygen atoms in total. The molecule has 3 fully saturated rings. The van der Waals surface area contributed by atoms with Gasteiger partial charge in [-0.25, -0.2) is 0 Å². The molecule has 3 heterocycles. The smallest absolute Gasteiger partial charge is 0.308 e. The Kier molecular flexibility index (Phi) is 7.10. The normalized spacial score (nSPS) is 31.3. The van der Waals surface area contributed by atoms with Crippen molar-refractivity contribution in [3.8, 4) is 0 Å². The summed E-state index contributed by atoms with van der Waals surface area (Å²) in [5.41, 5.74) is 0.732. The summed E-state index contributed by atoms with van der Waals surface area (Å²) in [6, 6.07) is 7.60. The van der Waals surface area contributed by atoms with Gasteiger partial charge < -0.3 is 20.0 Å². The third-order valence-electron chi connectivity index (χ3n) is 7.80. The highest BCUT2D eigenvalue weighted by molar-refractivity contribution is 8.02. The molecule has 2 bridgehead atoms. The number of aliphatic hydroxyl groups is 1. The van der Waals surface area contributed by atoms with Crippen LogP contribution in [-0.4, -0.2) is 73.0 Å². The number of thioether (sulfide) groups is 1. The quantitative estimate of drug-likeness (QED) is 0.493. The van der Waals surface area contributed by atoms with Crippen molar-refractivity contribution in [2.75, 3.05) is 13.2 Å². The number of benzene rings is 1. The van der Waals surface area contributed by atoms with Crippen LogP contribution in [-0.2, 0) is 14.4 Å². The maximum atomic E-state index is 14.3. The molecule has 1 spiro atoms. The van der Waals surface area contributed by atoms with E-state index in [0.29, 0.717) is 19.4 Å². The summed E-state index contributed by atoms with van der Waals surface area (Å²) in [5.74, 6) is -3.07. The fraction of sp³-hybridized carbons (Fsp3) is 0.577. The number of aliphatic hydroxyl groups excluding tert-OH is 1. The Bertz CT molecular complexity index is 956. The van der Waals surface area contributed by atoms with Crippen LogP contribution < -0.4 is 0 Å². The summed E-state index contributed by atoms with van der Waals surface area (Å²) in [6.45, 7) is 7.91. The lowest BCUT2D eigenvalue weighted by Crippen LogP contribution is -2.57. The van der Waals surface area contributed by atoms with Crippen molar-refractivity contribution in [3.63, 3.8) is 0 Å². The molecule has 8 heteroatoms. The summed E-state index contributed by atoms with van der Waals surface area (Å²) in [4.78, 5) is 43.9. The minimum absolute atomic E-state index is 0.0499. The van der Waals surface area contributed by atoms with Crippen molar-refractivity contribution in [2.24, 2.45) is 11.8 Å². The van der Waals surface area contributed by atoms with Gasteiger partial charge in [0.2, 0.25) is 11.8 Å². The van der Waals surface area contributed by atoms with Gasteiger partial charge in [0.25, 0.3) is 0 Å². The molecule has 3 aliphatic heterocycles. The zero-order chi connectivity index (χ0) is 24.6. The minimum Gasteiger partial charge on any atom is -0.481 e. The lowest BCUT2D eigenvalue weighted by atomic mass is 9.71. The topological polar surface area (TPSA) is 98.2 Å². The van der Waals surface area contributed by atoms with E-state index in [4.69, 9.17) is 0 Å². The molecule has 3 unspecified atom stereocenters. The SMILES string of the molecule is C=CCN(C(=O)C1N([C@H](CO)c2ccccc2)C(=O)[C@@H]2[C@H](C(=O)O)[C@@H]3CCC12S3)C(C)CCC. The molecule has 0 aromatic heterocycles. The van der Waals surface area contributed by atoms with E-state index in [0.717, 1.165) is 18.4 Å². The number of likely N-dealkylation sites (tertiary alicyclic amines) is 1. The van der Waals surface area contributed by atoms with Crippen LogP contribution in [0.15, 0.2) is 43.0 Å². The largest absolute Gasteiger partial charge is 0.481 e. The number of amides is 2. The van der Waals surface area contributed by atoms with Crippen molar-refractivity contribution >= 4 is 29.5 Å². The van der Waals surface area contributed by atoms with Gasteiger partial charge in [0.05, 0.1) is 29.2 Å². The number of carboxylic acid groups (broad SMARTS) is 1. The molecule has 0 radical (unpaired) electrons. The van der Waals surface area contributed by atoms with Gasteiger partial charge in [0, 0.05) is 17.8 Å². The van der Waals surface area contributed by atoms with E-state index in [1.54, 1.807) is 11.0 Å². The van der Waals surface area contributed by atoms with Crippen LogP contribution in [0.5, 0.6) is 0 Å². The highest BCUT2D eigenvalue weighted by Gasteiger charge is 2.74. The van der Waals surface area contributed by atoms with Gasteiger partial charge in [-0.15, -0.1) is 18.3 Å². The molecule has 1 aromatic rings. The second-order valence-electron chi connectivity index (χ2n) is 9.67. The highest BCUT2D eigenvalue weighted by Crippen LogP contribution is 2.67. The van der Waals surface area contributed by atoms with Gasteiger partial charge in [0.1, 0.15) is 6.04 Å². The average Bonchev–Trinajstić information content (AvgIpc) is 3.46. The lowest BCUT2D eigenvalue weighted by Gasteiger charge is -2.41. The summed E-state index contributed by atoms with van der Waals surface area (Å²) in [7, 11) is 0. The van der Waals surface area contributed by atoms with Crippen molar-refractivity contribution in [2.45, 2.75) is 67.7 Å². The second kappa shape index (κ2) is 9.74. The molecular formula is C26H34N2O5S. The molecule has 2 N–H and O–H groups in total. The number of aliphatic carboxylic acids is 1. The standard InChI is InChI=1S/C26H34N2O5S/c1-4-9-16(3)27(14-5-2)24(31)22-26-13-12-19(34-26)20(25(32)33)21(26)23(30)28(22)18(15-29)17-10-7-6-8-11-17/h5-8,10-11,16,18-22,29H,2,4,9,12-15H2,1,3H3,(H,32,33)/t16?,18-,19+,20-,21+,22?,26?/m1/s1. The predicted molar refractivity (Wildman–Crippen MR) is 131 cm³/mol. The molecule has 3 saturated heterocycles. The summed E-state index contributed by atoms with van der Waals surface area (Å²) >= 11 is 1.52. The molecule has 1 aromatic carbocycles. The van der Waals surface area contributed by atoms with Gasteiger partial charge in [-0.05, 0) is 31.7 Å². The average molecular weight is 487 g/mol. The fourth-order valence-electron chi connectivity index (χ4n) is 6.37. The minimum atomic E-state index is -0.979. The predicted octanol–water partition coefficient (Wildman–Crippen LogP) is 3.10. The van der Waals surface area contributed by atoms with Crippen molar-refractivity contribution in [1.82, 2.24) is 9.80 Å². The first-order valence-electron chi connectivity index (χ1n) is 12.1. The number of hydrogen-bond donors (Lipinski definition) is 2. The van der Waals surface area contributed by atoms with Crippen LogP contribution in [0.25, 0.3) is 0 Å². The molecular weight excluding hydrogens is 452 g/mol. The Morgan fingerprint density at radius 1 is 1.35 bits per heavy atom. The Morgan fingerprint density at radius 3 is 2.65 bits per heavy atom. The summed E-state index contributed by atoms with van der Waals surface area (Å²) in [5, 5.41) is 20.3.